The van der Waals surface area contributed by atoms with Crippen molar-refractivity contribution in [1.82, 2.24) is 4.98 Å². The van der Waals surface area contributed by atoms with Gasteiger partial charge in [-0.3, -0.25) is 4.79 Å². The summed E-state index contributed by atoms with van der Waals surface area (Å²) in [7, 11) is 0. The molecular weight excluding hydrogens is 342 g/mol. The molecule has 1 atom stereocenters. The molecule has 4 nitrogen and oxygen atoms in total. The minimum Gasteiger partial charge on any atom is -0.308 e. The number of nitrogens with zero attached hydrogens (tertiary/aromatic N) is 3. The zero-order chi connectivity index (χ0) is 18.1. The molecule has 0 saturated carbocycles. The SMILES string of the molecule is CC1Cc2ccccc2N1C(=O)CSc1nc2c(cc1C#N)CCCC2. The van der Waals surface area contributed by atoms with E-state index in [0.29, 0.717) is 16.3 Å². The van der Waals surface area contributed by atoms with Gasteiger partial charge in [0.2, 0.25) is 5.91 Å². The summed E-state index contributed by atoms with van der Waals surface area (Å²) >= 11 is 1.39. The second-order valence-electron chi connectivity index (χ2n) is 7.00. The normalized spacial score (nSPS) is 18.2. The van der Waals surface area contributed by atoms with Gasteiger partial charge in [0.1, 0.15) is 11.1 Å². The number of aromatic nitrogens is 1. The van der Waals surface area contributed by atoms with Crippen LogP contribution in [0.2, 0.25) is 0 Å². The van der Waals surface area contributed by atoms with Crippen LogP contribution in [0.3, 0.4) is 0 Å². The Labute approximate surface area is 158 Å². The smallest absolute Gasteiger partial charge is 0.237 e. The van der Waals surface area contributed by atoms with Crippen molar-refractivity contribution < 1.29 is 4.79 Å². The molecule has 5 heteroatoms. The summed E-state index contributed by atoms with van der Waals surface area (Å²) in [6.07, 6.45) is 5.18. The third-order valence-electron chi connectivity index (χ3n) is 5.19. The molecule has 0 radical (unpaired) electrons. The Morgan fingerprint density at radius 1 is 1.31 bits per heavy atom. The van der Waals surface area contributed by atoms with Crippen LogP contribution in [-0.2, 0) is 24.1 Å². The van der Waals surface area contributed by atoms with Crippen LogP contribution in [0.25, 0.3) is 0 Å². The van der Waals surface area contributed by atoms with E-state index in [0.717, 1.165) is 43.5 Å². The van der Waals surface area contributed by atoms with Crippen molar-refractivity contribution in [3.63, 3.8) is 0 Å². The lowest BCUT2D eigenvalue weighted by molar-refractivity contribution is -0.116. The molecule has 132 valence electrons. The van der Waals surface area contributed by atoms with E-state index in [4.69, 9.17) is 4.98 Å². The number of carbonyl (C=O) groups excluding carboxylic acids is 1. The van der Waals surface area contributed by atoms with Crippen molar-refractivity contribution >= 4 is 23.4 Å². The molecule has 1 aliphatic carbocycles. The van der Waals surface area contributed by atoms with E-state index < -0.39 is 0 Å². The average molecular weight is 363 g/mol. The van der Waals surface area contributed by atoms with Gasteiger partial charge in [0.25, 0.3) is 0 Å². The van der Waals surface area contributed by atoms with Gasteiger partial charge in [-0.25, -0.2) is 4.98 Å². The Bertz CT molecular complexity index is 903. The summed E-state index contributed by atoms with van der Waals surface area (Å²) in [5.41, 5.74) is 5.14. The molecule has 1 aromatic heterocycles. The highest BCUT2D eigenvalue weighted by molar-refractivity contribution is 8.00. The number of nitriles is 1. The van der Waals surface area contributed by atoms with Crippen molar-refractivity contribution in [3.8, 4) is 6.07 Å². The van der Waals surface area contributed by atoms with Gasteiger partial charge in [-0.1, -0.05) is 30.0 Å². The highest BCUT2D eigenvalue weighted by Crippen LogP contribution is 2.33. The topological polar surface area (TPSA) is 57.0 Å². The number of aryl methyl sites for hydroxylation is 2. The second kappa shape index (κ2) is 7.13. The van der Waals surface area contributed by atoms with Gasteiger partial charge in [-0.2, -0.15) is 5.26 Å². The van der Waals surface area contributed by atoms with Crippen LogP contribution >= 0.6 is 11.8 Å². The summed E-state index contributed by atoms with van der Waals surface area (Å²) in [6, 6.07) is 12.5. The number of carbonyl (C=O) groups is 1. The van der Waals surface area contributed by atoms with Crippen molar-refractivity contribution in [2.45, 2.75) is 50.1 Å². The molecule has 0 saturated heterocycles. The number of para-hydroxylation sites is 1. The zero-order valence-electron chi connectivity index (χ0n) is 14.9. The number of anilines is 1. The molecule has 0 N–H and O–H groups in total. The predicted octanol–water partition coefficient (Wildman–Crippen LogP) is 3.90. The molecule has 0 bridgehead atoms. The van der Waals surface area contributed by atoms with Gasteiger partial charge >= 0.3 is 0 Å². The van der Waals surface area contributed by atoms with Crippen LogP contribution in [0.4, 0.5) is 5.69 Å². The Morgan fingerprint density at radius 2 is 2.12 bits per heavy atom. The summed E-state index contributed by atoms with van der Waals surface area (Å²) in [5.74, 6) is 0.384. The van der Waals surface area contributed by atoms with E-state index in [-0.39, 0.29) is 11.9 Å². The first-order valence-corrected chi connectivity index (χ1v) is 10.1. The van der Waals surface area contributed by atoms with Gasteiger partial charge in [0.05, 0.1) is 11.3 Å². The number of amides is 1. The number of thioether (sulfide) groups is 1. The van der Waals surface area contributed by atoms with Gasteiger partial charge in [-0.05, 0) is 62.3 Å². The lowest BCUT2D eigenvalue weighted by atomic mass is 9.95. The molecule has 0 spiro atoms. The van der Waals surface area contributed by atoms with Gasteiger partial charge in [0.15, 0.2) is 0 Å². The van der Waals surface area contributed by atoms with Crippen LogP contribution in [0.15, 0.2) is 35.4 Å². The molecule has 4 rings (SSSR count). The Hall–Kier alpha value is -2.32. The molecule has 2 aromatic rings. The highest BCUT2D eigenvalue weighted by Gasteiger charge is 2.30. The summed E-state index contributed by atoms with van der Waals surface area (Å²) in [6.45, 7) is 2.08. The molecule has 2 aliphatic rings. The minimum atomic E-state index is 0.0795. The second-order valence-corrected chi connectivity index (χ2v) is 7.96. The summed E-state index contributed by atoms with van der Waals surface area (Å²) < 4.78 is 0. The third-order valence-corrected chi connectivity index (χ3v) is 6.17. The zero-order valence-corrected chi connectivity index (χ0v) is 15.7. The maximum Gasteiger partial charge on any atom is 0.237 e. The van der Waals surface area contributed by atoms with Crippen LogP contribution in [0.1, 0.15) is 42.1 Å². The van der Waals surface area contributed by atoms with E-state index in [2.05, 4.69) is 19.1 Å². The molecule has 1 aromatic carbocycles. The van der Waals surface area contributed by atoms with E-state index >= 15 is 0 Å². The van der Waals surface area contributed by atoms with E-state index in [1.165, 1.54) is 22.9 Å². The fourth-order valence-electron chi connectivity index (χ4n) is 3.95. The van der Waals surface area contributed by atoms with Crippen molar-refractivity contribution in [2.24, 2.45) is 0 Å². The number of hydrogen-bond acceptors (Lipinski definition) is 4. The van der Waals surface area contributed by atoms with Crippen LogP contribution in [0, 0.1) is 11.3 Å². The van der Waals surface area contributed by atoms with Gasteiger partial charge in [-0.15, -0.1) is 0 Å². The standard InChI is InChI=1S/C21H21N3OS/c1-14-10-16-7-3-5-9-19(16)24(14)20(25)13-26-21-17(12-22)11-15-6-2-4-8-18(15)23-21/h3,5,7,9,11,14H,2,4,6,8,10,13H2,1H3. The Balaban J connectivity index is 1.53. The monoisotopic (exact) mass is 363 g/mol. The first kappa shape index (κ1) is 17.1. The van der Waals surface area contributed by atoms with Crippen LogP contribution < -0.4 is 4.90 Å². The fraction of sp³-hybridized carbons (Fsp3) is 0.381. The van der Waals surface area contributed by atoms with Crippen molar-refractivity contribution in [1.29, 1.82) is 5.26 Å². The van der Waals surface area contributed by atoms with Gasteiger partial charge in [0, 0.05) is 17.4 Å². The number of pyridine rings is 1. The number of hydrogen-bond donors (Lipinski definition) is 0. The first-order valence-electron chi connectivity index (χ1n) is 9.13. The molecule has 1 aliphatic heterocycles. The maximum absolute atomic E-state index is 12.9. The summed E-state index contributed by atoms with van der Waals surface area (Å²) in [4.78, 5) is 19.5. The van der Waals surface area contributed by atoms with E-state index in [1.807, 2.05) is 29.2 Å². The highest BCUT2D eigenvalue weighted by atomic mass is 32.2. The lowest BCUT2D eigenvalue weighted by Gasteiger charge is -2.23. The summed E-state index contributed by atoms with van der Waals surface area (Å²) in [5, 5.41) is 10.2. The van der Waals surface area contributed by atoms with E-state index in [9.17, 15) is 10.1 Å². The minimum absolute atomic E-state index is 0.0795. The molecule has 1 unspecified atom stereocenters. The quantitative estimate of drug-likeness (QED) is 0.776. The fourth-order valence-corrected chi connectivity index (χ4v) is 4.78. The molecule has 26 heavy (non-hydrogen) atoms. The molecular formula is C21H21N3OS. The first-order chi connectivity index (χ1) is 12.7. The van der Waals surface area contributed by atoms with Crippen molar-refractivity contribution in [3.05, 3.63) is 52.7 Å². The van der Waals surface area contributed by atoms with Gasteiger partial charge < -0.3 is 4.90 Å². The van der Waals surface area contributed by atoms with Crippen molar-refractivity contribution in [2.75, 3.05) is 10.7 Å². The third kappa shape index (κ3) is 3.10. The largest absolute Gasteiger partial charge is 0.308 e. The van der Waals surface area contributed by atoms with E-state index in [1.54, 1.807) is 0 Å². The Morgan fingerprint density at radius 3 is 2.96 bits per heavy atom. The Kier molecular flexibility index (Phi) is 4.69. The van der Waals surface area contributed by atoms with Crippen LogP contribution in [-0.4, -0.2) is 22.7 Å². The lowest BCUT2D eigenvalue weighted by Crippen LogP contribution is -2.37. The predicted molar refractivity (Wildman–Crippen MR) is 103 cm³/mol. The maximum atomic E-state index is 12.9. The molecule has 1 amide bonds. The molecule has 2 heterocycles. The number of fused-ring (bicyclic) bond motifs is 2. The average Bonchev–Trinajstić information content (AvgIpc) is 3.01. The number of rotatable bonds is 3. The molecule has 0 fully saturated rings. The van der Waals surface area contributed by atoms with Crippen LogP contribution in [0.5, 0.6) is 0 Å². The number of benzene rings is 1.